The lowest BCUT2D eigenvalue weighted by Crippen LogP contribution is -2.01. The zero-order valence-corrected chi connectivity index (χ0v) is 22.5. The lowest BCUT2D eigenvalue weighted by molar-refractivity contribution is 1.11. The summed E-state index contributed by atoms with van der Waals surface area (Å²) in [6.07, 6.45) is 0. The van der Waals surface area contributed by atoms with Crippen molar-refractivity contribution >= 4 is 49.7 Å². The van der Waals surface area contributed by atoms with Crippen LogP contribution in [0.15, 0.2) is 139 Å². The maximum Gasteiger partial charge on any atom is 0.220 e. The van der Waals surface area contributed by atoms with Gasteiger partial charge in [0.1, 0.15) is 0 Å². The molecule has 4 nitrogen and oxygen atoms in total. The van der Waals surface area contributed by atoms with E-state index in [9.17, 15) is 0 Å². The molecule has 0 aliphatic carbocycles. The molecule has 0 aliphatic rings. The lowest BCUT2D eigenvalue weighted by Gasteiger charge is -2.17. The van der Waals surface area contributed by atoms with E-state index in [2.05, 4.69) is 34.9 Å². The fourth-order valence-electron chi connectivity index (χ4n) is 6.26. The highest BCUT2D eigenvalue weighted by molar-refractivity contribution is 6.10. The van der Waals surface area contributed by atoms with E-state index in [1.165, 1.54) is 0 Å². The second kappa shape index (κ2) is 8.69. The van der Waals surface area contributed by atoms with Gasteiger partial charge in [0.25, 0.3) is 0 Å². The maximum absolute atomic E-state index is 9.11. The summed E-state index contributed by atoms with van der Waals surface area (Å²) < 4.78 is 67.0. The molecule has 0 unspecified atom stereocenters. The van der Waals surface area contributed by atoms with Crippen molar-refractivity contribution in [2.75, 3.05) is 0 Å². The zero-order valence-electron chi connectivity index (χ0n) is 29.5. The van der Waals surface area contributed by atoms with Crippen molar-refractivity contribution in [2.45, 2.75) is 6.92 Å². The van der Waals surface area contributed by atoms with Crippen LogP contribution in [0, 0.1) is 6.92 Å². The summed E-state index contributed by atoms with van der Waals surface area (Å²) in [5.74, 6) is 0.228. The molecule has 0 saturated heterocycles. The Morgan fingerprint density at radius 1 is 0.548 bits per heavy atom. The Kier molecular flexibility index (Phi) is 3.57. The smallest absolute Gasteiger partial charge is 0.220 e. The second-order valence-electron chi connectivity index (χ2n) is 10.4. The highest BCUT2D eigenvalue weighted by Gasteiger charge is 2.21. The molecule has 198 valence electrons. The van der Waals surface area contributed by atoms with E-state index in [4.69, 9.17) is 14.6 Å². The number of fused-ring (bicyclic) bond motifs is 8. The molecule has 0 amide bonds. The third-order valence-electron chi connectivity index (χ3n) is 7.99. The molecule has 0 fully saturated rings. The van der Waals surface area contributed by atoms with Gasteiger partial charge in [-0.1, -0.05) is 90.9 Å². The van der Waals surface area contributed by atoms with Gasteiger partial charge >= 0.3 is 0 Å². The molecule has 0 saturated carbocycles. The zero-order chi connectivity index (χ0) is 33.9. The molecule has 3 heterocycles. The summed E-state index contributed by atoms with van der Waals surface area (Å²) in [6, 6.07) is 30.8. The Labute approximate surface area is 252 Å². The Morgan fingerprint density at radius 2 is 1.12 bits per heavy atom. The van der Waals surface area contributed by atoms with Crippen LogP contribution in [-0.4, -0.2) is 18.5 Å². The predicted molar refractivity (Wildman–Crippen MR) is 174 cm³/mol. The highest BCUT2D eigenvalue weighted by atomic mass is 15.2. The monoisotopic (exact) mass is 545 g/mol. The average Bonchev–Trinajstić information content (AvgIpc) is 3.78. The molecule has 6 aromatic carbocycles. The number of para-hydroxylation sites is 6. The Balaban J connectivity index is 1.45. The van der Waals surface area contributed by atoms with Gasteiger partial charge in [-0.25, -0.2) is 4.98 Å². The van der Waals surface area contributed by atoms with E-state index in [1.807, 2.05) is 66.7 Å². The number of benzene rings is 6. The summed E-state index contributed by atoms with van der Waals surface area (Å²) in [7, 11) is 0. The van der Waals surface area contributed by atoms with Crippen molar-refractivity contribution in [1.29, 1.82) is 0 Å². The number of hydrogen-bond acceptors (Lipinski definition) is 1. The molecule has 0 spiro atoms. The van der Waals surface area contributed by atoms with E-state index in [-0.39, 0.29) is 64.1 Å². The summed E-state index contributed by atoms with van der Waals surface area (Å²) in [4.78, 5) is 4.83. The highest BCUT2D eigenvalue weighted by Crippen LogP contribution is 2.39. The fourth-order valence-corrected chi connectivity index (χ4v) is 6.26. The standard InChI is InChI=1S/C38H26N4/c1-25-22-23-30-37(24-25)42-36-21-11-10-20-35(36)41(38(42)39-30)34-19-9-5-15-29(34)28-14-4-8-18-33(28)40-31-16-6-2-12-26(31)27-13-3-7-17-32(27)40/h2-24H,1H3/i10D,11D,20D,21D,22D,23D,24D. The molecule has 42 heavy (non-hydrogen) atoms. The summed E-state index contributed by atoms with van der Waals surface area (Å²) >= 11 is 0. The largest absolute Gasteiger partial charge is 0.309 e. The van der Waals surface area contributed by atoms with Gasteiger partial charge in [-0.05, 0) is 60.9 Å². The SMILES string of the molecule is [2H]c1c(C)c([2H])c2c(nc3n(-c4ccccc4-c4ccccc4-n4c5ccccc5c5ccccc54)c4c([2H])c([2H])c([2H])c([2H])c4n23)c1[2H]. The topological polar surface area (TPSA) is 27.2 Å². The van der Waals surface area contributed by atoms with Crippen LogP contribution in [0.3, 0.4) is 0 Å². The molecule has 0 bridgehead atoms. The van der Waals surface area contributed by atoms with Crippen molar-refractivity contribution in [3.05, 3.63) is 145 Å². The Morgan fingerprint density at radius 3 is 1.81 bits per heavy atom. The van der Waals surface area contributed by atoms with Crippen LogP contribution < -0.4 is 0 Å². The lowest BCUT2D eigenvalue weighted by atomic mass is 10.0. The minimum absolute atomic E-state index is 0.0139. The first kappa shape index (κ1) is 17.3. The molecule has 0 atom stereocenters. The normalized spacial score (nSPS) is 14.3. The van der Waals surface area contributed by atoms with Crippen molar-refractivity contribution in [3.63, 3.8) is 0 Å². The van der Waals surface area contributed by atoms with Gasteiger partial charge in [0.05, 0.1) is 54.1 Å². The van der Waals surface area contributed by atoms with Crippen LogP contribution in [0.2, 0.25) is 0 Å². The van der Waals surface area contributed by atoms with E-state index >= 15 is 0 Å². The van der Waals surface area contributed by atoms with Crippen molar-refractivity contribution < 1.29 is 9.60 Å². The van der Waals surface area contributed by atoms with Crippen LogP contribution in [0.5, 0.6) is 0 Å². The summed E-state index contributed by atoms with van der Waals surface area (Å²) in [6.45, 7) is 1.61. The molecule has 0 radical (unpaired) electrons. The van der Waals surface area contributed by atoms with Gasteiger partial charge in [0, 0.05) is 21.9 Å². The molecule has 9 aromatic rings. The average molecular weight is 546 g/mol. The Bertz CT molecular complexity index is 2830. The summed E-state index contributed by atoms with van der Waals surface area (Å²) in [5.41, 5.74) is 6.29. The van der Waals surface area contributed by atoms with Crippen LogP contribution in [0.1, 0.15) is 15.2 Å². The van der Waals surface area contributed by atoms with Gasteiger partial charge in [0.15, 0.2) is 0 Å². The van der Waals surface area contributed by atoms with E-state index in [0.29, 0.717) is 11.3 Å². The van der Waals surface area contributed by atoms with Gasteiger partial charge in [-0.15, -0.1) is 0 Å². The van der Waals surface area contributed by atoms with E-state index < -0.39 is 6.04 Å². The Hall–Kier alpha value is -5.61. The first-order valence-corrected chi connectivity index (χ1v) is 13.8. The third kappa shape index (κ3) is 3.15. The first-order valence-electron chi connectivity index (χ1n) is 17.3. The number of rotatable bonds is 3. The maximum atomic E-state index is 9.11. The van der Waals surface area contributed by atoms with Gasteiger partial charge in [-0.3, -0.25) is 8.97 Å². The molecule has 3 aromatic heterocycles. The first-order chi connectivity index (χ1) is 23.7. The fraction of sp³-hybridized carbons (Fsp3) is 0.0263. The number of nitrogens with zero attached hydrogens (tertiary/aromatic N) is 4. The molecule has 0 aliphatic heterocycles. The van der Waals surface area contributed by atoms with Crippen LogP contribution in [0.25, 0.3) is 72.2 Å². The van der Waals surface area contributed by atoms with Crippen molar-refractivity contribution in [2.24, 2.45) is 0 Å². The minimum Gasteiger partial charge on any atom is -0.309 e. The third-order valence-corrected chi connectivity index (χ3v) is 7.99. The molecule has 4 heteroatoms. The second-order valence-corrected chi connectivity index (χ2v) is 10.4. The van der Waals surface area contributed by atoms with Crippen LogP contribution in [-0.2, 0) is 0 Å². The minimum atomic E-state index is -0.408. The molecule has 9 rings (SSSR count). The molecular weight excluding hydrogens is 512 g/mol. The molecular formula is C38H26N4. The van der Waals surface area contributed by atoms with Gasteiger partial charge in [-0.2, -0.15) is 0 Å². The van der Waals surface area contributed by atoms with E-state index in [0.717, 1.165) is 38.6 Å². The predicted octanol–water partition coefficient (Wildman–Crippen LogP) is 9.50. The van der Waals surface area contributed by atoms with Crippen LogP contribution in [0.4, 0.5) is 0 Å². The van der Waals surface area contributed by atoms with Crippen molar-refractivity contribution in [3.8, 4) is 22.5 Å². The quantitative estimate of drug-likeness (QED) is 0.217. The van der Waals surface area contributed by atoms with E-state index in [1.54, 1.807) is 15.9 Å². The number of hydrogen-bond donors (Lipinski definition) is 0. The van der Waals surface area contributed by atoms with Gasteiger partial charge in [0.2, 0.25) is 5.78 Å². The van der Waals surface area contributed by atoms with Crippen LogP contribution >= 0.6 is 0 Å². The molecule has 0 N–H and O–H groups in total. The van der Waals surface area contributed by atoms with Crippen molar-refractivity contribution in [1.82, 2.24) is 18.5 Å². The summed E-state index contributed by atoms with van der Waals surface area (Å²) in [5, 5.41) is 2.25. The number of aromatic nitrogens is 4. The number of imidazole rings is 2. The van der Waals surface area contributed by atoms with Gasteiger partial charge < -0.3 is 4.57 Å².